The van der Waals surface area contributed by atoms with E-state index in [2.05, 4.69) is 0 Å². The van der Waals surface area contributed by atoms with Gasteiger partial charge in [0.1, 0.15) is 11.8 Å². The number of aromatic hydroxyl groups is 1. The average molecular weight is 246 g/mol. The molecule has 0 atom stereocenters. The van der Waals surface area contributed by atoms with Gasteiger partial charge in [0.15, 0.2) is 11.5 Å². The molecule has 0 unspecified atom stereocenters. The number of nitriles is 1. The van der Waals surface area contributed by atoms with Crippen molar-refractivity contribution in [2.45, 2.75) is 0 Å². The third-order valence-corrected chi connectivity index (χ3v) is 2.38. The van der Waals surface area contributed by atoms with Gasteiger partial charge in [-0.05, 0) is 24.3 Å². The lowest BCUT2D eigenvalue weighted by molar-refractivity contribution is 0.411. The van der Waals surface area contributed by atoms with Crippen LogP contribution in [0.4, 0.5) is 0 Å². The summed E-state index contributed by atoms with van der Waals surface area (Å²) < 4.78 is 5.46. The Bertz CT molecular complexity index is 590. The van der Waals surface area contributed by atoms with Crippen LogP contribution < -0.4 is 4.74 Å². The fraction of sp³-hybridized carbons (Fsp3) is 0. The van der Waals surface area contributed by atoms with E-state index in [-0.39, 0.29) is 11.5 Å². The minimum absolute atomic E-state index is 0.0105. The van der Waals surface area contributed by atoms with E-state index in [1.807, 2.05) is 6.07 Å². The highest BCUT2D eigenvalue weighted by Crippen LogP contribution is 2.33. The van der Waals surface area contributed by atoms with Gasteiger partial charge < -0.3 is 9.84 Å². The van der Waals surface area contributed by atoms with Crippen molar-refractivity contribution >= 4 is 11.6 Å². The molecule has 0 heterocycles. The van der Waals surface area contributed by atoms with E-state index in [1.165, 1.54) is 12.1 Å². The lowest BCUT2D eigenvalue weighted by Crippen LogP contribution is -1.88. The fourth-order valence-electron chi connectivity index (χ4n) is 1.33. The second-order valence-corrected chi connectivity index (χ2v) is 3.76. The minimum atomic E-state index is 0.0105. The maximum absolute atomic E-state index is 9.56. The predicted molar refractivity (Wildman–Crippen MR) is 64.3 cm³/mol. The summed E-state index contributed by atoms with van der Waals surface area (Å²) in [5, 5.41) is 19.0. The van der Waals surface area contributed by atoms with E-state index in [9.17, 15) is 5.11 Å². The molecule has 0 fully saturated rings. The molecule has 3 nitrogen and oxygen atoms in total. The SMILES string of the molecule is N#Cc1ccc(Cl)cc1Oc1ccccc1O. The third-order valence-electron chi connectivity index (χ3n) is 2.15. The number of halogens is 1. The number of hydrogen-bond acceptors (Lipinski definition) is 3. The van der Waals surface area contributed by atoms with Gasteiger partial charge >= 0.3 is 0 Å². The van der Waals surface area contributed by atoms with Crippen LogP contribution in [-0.4, -0.2) is 5.11 Å². The Morgan fingerprint density at radius 1 is 1.12 bits per heavy atom. The predicted octanol–water partition coefficient (Wildman–Crippen LogP) is 3.71. The number of benzene rings is 2. The molecule has 0 bridgehead atoms. The summed E-state index contributed by atoms with van der Waals surface area (Å²) in [6.07, 6.45) is 0. The second-order valence-electron chi connectivity index (χ2n) is 3.32. The Balaban J connectivity index is 2.40. The van der Waals surface area contributed by atoms with E-state index in [1.54, 1.807) is 30.3 Å². The topological polar surface area (TPSA) is 53.2 Å². The molecule has 0 aliphatic carbocycles. The Labute approximate surface area is 103 Å². The van der Waals surface area contributed by atoms with E-state index in [4.69, 9.17) is 21.6 Å². The van der Waals surface area contributed by atoms with Gasteiger partial charge in [0.2, 0.25) is 0 Å². The lowest BCUT2D eigenvalue weighted by Gasteiger charge is -2.08. The standard InChI is InChI=1S/C13H8ClNO2/c14-10-6-5-9(8-15)13(7-10)17-12-4-2-1-3-11(12)16/h1-7,16H. The first-order valence-corrected chi connectivity index (χ1v) is 5.24. The first-order valence-electron chi connectivity index (χ1n) is 4.86. The molecule has 0 aliphatic rings. The summed E-state index contributed by atoms with van der Waals surface area (Å²) in [6.45, 7) is 0. The number of hydrogen-bond donors (Lipinski definition) is 1. The van der Waals surface area contributed by atoms with Gasteiger partial charge in [0.05, 0.1) is 5.56 Å². The van der Waals surface area contributed by atoms with Crippen LogP contribution in [0.2, 0.25) is 5.02 Å². The van der Waals surface area contributed by atoms with Crippen LogP contribution in [0.15, 0.2) is 42.5 Å². The van der Waals surface area contributed by atoms with Crippen LogP contribution in [0, 0.1) is 11.3 Å². The first-order chi connectivity index (χ1) is 8.20. The van der Waals surface area contributed by atoms with Gasteiger partial charge in [-0.2, -0.15) is 5.26 Å². The summed E-state index contributed by atoms with van der Waals surface area (Å²) in [4.78, 5) is 0. The fourth-order valence-corrected chi connectivity index (χ4v) is 1.50. The number of nitrogens with zero attached hydrogens (tertiary/aromatic N) is 1. The van der Waals surface area contributed by atoms with E-state index in [0.717, 1.165) is 0 Å². The van der Waals surface area contributed by atoms with E-state index < -0.39 is 0 Å². The smallest absolute Gasteiger partial charge is 0.169 e. The zero-order valence-corrected chi connectivity index (χ0v) is 9.48. The summed E-state index contributed by atoms with van der Waals surface area (Å²) >= 11 is 5.83. The maximum atomic E-state index is 9.56. The zero-order valence-electron chi connectivity index (χ0n) is 8.72. The Kier molecular flexibility index (Phi) is 3.17. The third kappa shape index (κ3) is 2.49. The number of rotatable bonds is 2. The molecule has 0 aliphatic heterocycles. The van der Waals surface area contributed by atoms with Crippen molar-refractivity contribution in [2.24, 2.45) is 0 Å². The van der Waals surface area contributed by atoms with Crippen LogP contribution in [0.25, 0.3) is 0 Å². The van der Waals surface area contributed by atoms with Crippen LogP contribution in [0.3, 0.4) is 0 Å². The number of phenolic OH excluding ortho intramolecular Hbond substituents is 1. The quantitative estimate of drug-likeness (QED) is 0.878. The molecule has 0 spiro atoms. The first kappa shape index (κ1) is 11.3. The summed E-state index contributed by atoms with van der Waals surface area (Å²) in [5.41, 5.74) is 0.359. The van der Waals surface area contributed by atoms with Crippen molar-refractivity contribution in [1.29, 1.82) is 5.26 Å². The van der Waals surface area contributed by atoms with Crippen LogP contribution in [0.5, 0.6) is 17.2 Å². The Morgan fingerprint density at radius 2 is 1.88 bits per heavy atom. The molecule has 2 aromatic rings. The molecule has 0 saturated heterocycles. The normalized spacial score (nSPS) is 9.65. The molecular weight excluding hydrogens is 238 g/mol. The van der Waals surface area contributed by atoms with Gasteiger partial charge in [-0.25, -0.2) is 0 Å². The molecule has 2 rings (SSSR count). The molecule has 4 heteroatoms. The van der Waals surface area contributed by atoms with Gasteiger partial charge in [0.25, 0.3) is 0 Å². The number of ether oxygens (including phenoxy) is 1. The maximum Gasteiger partial charge on any atom is 0.169 e. The monoisotopic (exact) mass is 245 g/mol. The van der Waals surface area contributed by atoms with Crippen molar-refractivity contribution in [2.75, 3.05) is 0 Å². The zero-order chi connectivity index (χ0) is 12.3. The van der Waals surface area contributed by atoms with Crippen LogP contribution in [-0.2, 0) is 0 Å². The summed E-state index contributed by atoms with van der Waals surface area (Å²) in [7, 11) is 0. The second kappa shape index (κ2) is 4.77. The summed E-state index contributed by atoms with van der Waals surface area (Å²) in [5.74, 6) is 0.615. The van der Waals surface area contributed by atoms with Gasteiger partial charge in [-0.15, -0.1) is 0 Å². The van der Waals surface area contributed by atoms with E-state index >= 15 is 0 Å². The lowest BCUT2D eigenvalue weighted by atomic mass is 10.2. The molecule has 0 aromatic heterocycles. The Hall–Kier alpha value is -2.18. The molecule has 0 amide bonds. The number of para-hydroxylation sites is 2. The summed E-state index contributed by atoms with van der Waals surface area (Å²) in [6, 6.07) is 13.2. The van der Waals surface area contributed by atoms with Crippen LogP contribution in [0.1, 0.15) is 5.56 Å². The van der Waals surface area contributed by atoms with Gasteiger partial charge in [0, 0.05) is 11.1 Å². The van der Waals surface area contributed by atoms with Crippen molar-refractivity contribution in [3.63, 3.8) is 0 Å². The highest BCUT2D eigenvalue weighted by molar-refractivity contribution is 6.30. The van der Waals surface area contributed by atoms with E-state index in [0.29, 0.717) is 16.3 Å². The highest BCUT2D eigenvalue weighted by atomic mass is 35.5. The van der Waals surface area contributed by atoms with Gasteiger partial charge in [-0.1, -0.05) is 23.7 Å². The molecule has 17 heavy (non-hydrogen) atoms. The highest BCUT2D eigenvalue weighted by Gasteiger charge is 2.08. The minimum Gasteiger partial charge on any atom is -0.504 e. The molecule has 2 aromatic carbocycles. The Morgan fingerprint density at radius 3 is 2.59 bits per heavy atom. The molecule has 1 N–H and O–H groups in total. The average Bonchev–Trinajstić information content (AvgIpc) is 2.32. The molecular formula is C13H8ClNO2. The van der Waals surface area contributed by atoms with Crippen molar-refractivity contribution < 1.29 is 9.84 Å². The van der Waals surface area contributed by atoms with Crippen molar-refractivity contribution in [3.05, 3.63) is 53.1 Å². The van der Waals surface area contributed by atoms with Crippen molar-refractivity contribution in [3.8, 4) is 23.3 Å². The van der Waals surface area contributed by atoms with Gasteiger partial charge in [-0.3, -0.25) is 0 Å². The molecule has 84 valence electrons. The molecule has 0 saturated carbocycles. The largest absolute Gasteiger partial charge is 0.504 e. The van der Waals surface area contributed by atoms with Crippen LogP contribution >= 0.6 is 11.6 Å². The molecule has 0 radical (unpaired) electrons. The van der Waals surface area contributed by atoms with Crippen molar-refractivity contribution in [1.82, 2.24) is 0 Å². The number of phenols is 1.